The molecular formula is C14H22N2O3. The lowest BCUT2D eigenvalue weighted by molar-refractivity contribution is -0.120. The molecule has 0 aromatic heterocycles. The van der Waals surface area contributed by atoms with Crippen LogP contribution in [-0.2, 0) is 4.79 Å². The monoisotopic (exact) mass is 266 g/mol. The number of carbonyl (C=O) groups is 1. The van der Waals surface area contributed by atoms with Crippen LogP contribution in [0.1, 0.15) is 20.8 Å². The number of anilines is 1. The zero-order chi connectivity index (χ0) is 14.5. The van der Waals surface area contributed by atoms with Crippen LogP contribution in [0, 0.1) is 0 Å². The van der Waals surface area contributed by atoms with Gasteiger partial charge >= 0.3 is 0 Å². The van der Waals surface area contributed by atoms with Gasteiger partial charge in [-0.05, 0) is 20.8 Å². The van der Waals surface area contributed by atoms with Gasteiger partial charge in [0.15, 0.2) is 0 Å². The van der Waals surface area contributed by atoms with E-state index in [4.69, 9.17) is 9.47 Å². The van der Waals surface area contributed by atoms with Crippen LogP contribution >= 0.6 is 0 Å². The van der Waals surface area contributed by atoms with E-state index < -0.39 is 0 Å². The van der Waals surface area contributed by atoms with Crippen molar-refractivity contribution in [1.82, 2.24) is 5.32 Å². The number of amides is 1. The highest BCUT2D eigenvalue weighted by Crippen LogP contribution is 2.25. The Balaban J connectivity index is 2.64. The summed E-state index contributed by atoms with van der Waals surface area (Å²) in [5.41, 5.74) is 0.547. The zero-order valence-corrected chi connectivity index (χ0v) is 12.2. The smallest absolute Gasteiger partial charge is 0.239 e. The van der Waals surface area contributed by atoms with Gasteiger partial charge in [0.25, 0.3) is 0 Å². The second-order valence-electron chi connectivity index (χ2n) is 5.25. The first-order valence-electron chi connectivity index (χ1n) is 6.12. The number of benzene rings is 1. The molecule has 2 N–H and O–H groups in total. The van der Waals surface area contributed by atoms with E-state index in [0.717, 1.165) is 5.69 Å². The predicted molar refractivity (Wildman–Crippen MR) is 75.9 cm³/mol. The minimum Gasteiger partial charge on any atom is -0.497 e. The molecular weight excluding hydrogens is 244 g/mol. The Bertz CT molecular complexity index is 417. The van der Waals surface area contributed by atoms with Crippen molar-refractivity contribution in [3.8, 4) is 11.5 Å². The predicted octanol–water partition coefficient (Wildman–Crippen LogP) is 2.03. The van der Waals surface area contributed by atoms with Crippen molar-refractivity contribution in [3.05, 3.63) is 18.2 Å². The highest BCUT2D eigenvalue weighted by atomic mass is 16.5. The van der Waals surface area contributed by atoms with Gasteiger partial charge in [0.2, 0.25) is 5.91 Å². The van der Waals surface area contributed by atoms with Crippen molar-refractivity contribution in [2.45, 2.75) is 26.3 Å². The van der Waals surface area contributed by atoms with Gasteiger partial charge in [-0.2, -0.15) is 0 Å². The third-order valence-electron chi connectivity index (χ3n) is 2.32. The second kappa shape index (κ2) is 6.31. The molecule has 0 saturated heterocycles. The van der Waals surface area contributed by atoms with E-state index in [9.17, 15) is 4.79 Å². The molecule has 1 aromatic carbocycles. The summed E-state index contributed by atoms with van der Waals surface area (Å²) >= 11 is 0. The first-order chi connectivity index (χ1) is 8.84. The number of hydrogen-bond donors (Lipinski definition) is 2. The Morgan fingerprint density at radius 1 is 1.11 bits per heavy atom. The lowest BCUT2D eigenvalue weighted by Crippen LogP contribution is -2.43. The van der Waals surface area contributed by atoms with Crippen molar-refractivity contribution in [3.63, 3.8) is 0 Å². The maximum Gasteiger partial charge on any atom is 0.239 e. The molecule has 0 heterocycles. The van der Waals surface area contributed by atoms with E-state index >= 15 is 0 Å². The van der Waals surface area contributed by atoms with Crippen LogP contribution in [0.15, 0.2) is 18.2 Å². The van der Waals surface area contributed by atoms with Crippen LogP contribution in [0.2, 0.25) is 0 Å². The standard InChI is InChI=1S/C14H22N2O3/c1-14(2,3)16-13(17)9-15-10-6-11(18-4)8-12(7-10)19-5/h6-8,15H,9H2,1-5H3,(H,16,17). The number of nitrogens with one attached hydrogen (secondary N) is 2. The molecule has 0 aliphatic rings. The van der Waals surface area contributed by atoms with Gasteiger partial charge in [0, 0.05) is 29.4 Å². The summed E-state index contributed by atoms with van der Waals surface area (Å²) in [4.78, 5) is 11.7. The summed E-state index contributed by atoms with van der Waals surface area (Å²) in [6.07, 6.45) is 0. The minimum atomic E-state index is -0.231. The minimum absolute atomic E-state index is 0.0608. The molecule has 1 amide bonds. The molecule has 0 unspecified atom stereocenters. The maximum atomic E-state index is 11.7. The second-order valence-corrected chi connectivity index (χ2v) is 5.25. The summed E-state index contributed by atoms with van der Waals surface area (Å²) < 4.78 is 10.3. The fourth-order valence-electron chi connectivity index (χ4n) is 1.55. The molecule has 0 aliphatic heterocycles. The lowest BCUT2D eigenvalue weighted by Gasteiger charge is -2.20. The SMILES string of the molecule is COc1cc(NCC(=O)NC(C)(C)C)cc(OC)c1. The molecule has 0 bridgehead atoms. The molecule has 1 rings (SSSR count). The van der Waals surface area contributed by atoms with Crippen molar-refractivity contribution < 1.29 is 14.3 Å². The van der Waals surface area contributed by atoms with E-state index in [1.54, 1.807) is 20.3 Å². The third-order valence-corrected chi connectivity index (χ3v) is 2.32. The highest BCUT2D eigenvalue weighted by Gasteiger charge is 2.13. The normalized spacial score (nSPS) is 10.8. The van der Waals surface area contributed by atoms with E-state index in [2.05, 4.69) is 10.6 Å². The summed E-state index contributed by atoms with van der Waals surface area (Å²) in [5.74, 6) is 1.30. The highest BCUT2D eigenvalue weighted by molar-refractivity contribution is 5.81. The zero-order valence-electron chi connectivity index (χ0n) is 12.2. The Kier molecular flexibility index (Phi) is 5.03. The number of hydrogen-bond acceptors (Lipinski definition) is 4. The molecule has 5 nitrogen and oxygen atoms in total. The van der Waals surface area contributed by atoms with Crippen LogP contribution in [0.25, 0.3) is 0 Å². The molecule has 0 saturated carbocycles. The molecule has 106 valence electrons. The lowest BCUT2D eigenvalue weighted by atomic mass is 10.1. The van der Waals surface area contributed by atoms with Gasteiger partial charge in [0.05, 0.1) is 20.8 Å². The Morgan fingerprint density at radius 3 is 2.05 bits per heavy atom. The molecule has 5 heteroatoms. The summed E-state index contributed by atoms with van der Waals surface area (Å²) in [5, 5.41) is 5.93. The van der Waals surface area contributed by atoms with Crippen molar-refractivity contribution in [2.24, 2.45) is 0 Å². The van der Waals surface area contributed by atoms with Crippen LogP contribution in [-0.4, -0.2) is 32.2 Å². The number of methoxy groups -OCH3 is 2. The van der Waals surface area contributed by atoms with Crippen LogP contribution < -0.4 is 20.1 Å². The van der Waals surface area contributed by atoms with Crippen LogP contribution in [0.4, 0.5) is 5.69 Å². The number of rotatable bonds is 5. The average molecular weight is 266 g/mol. The fraction of sp³-hybridized carbons (Fsp3) is 0.500. The first-order valence-corrected chi connectivity index (χ1v) is 6.12. The molecule has 1 aromatic rings. The van der Waals surface area contributed by atoms with Crippen molar-refractivity contribution in [1.29, 1.82) is 0 Å². The van der Waals surface area contributed by atoms with Crippen molar-refractivity contribution in [2.75, 3.05) is 26.1 Å². The fourth-order valence-corrected chi connectivity index (χ4v) is 1.55. The summed E-state index contributed by atoms with van der Waals surface area (Å²) in [7, 11) is 3.18. The molecule has 19 heavy (non-hydrogen) atoms. The molecule has 0 fully saturated rings. The quantitative estimate of drug-likeness (QED) is 0.856. The van der Waals surface area contributed by atoms with Gasteiger partial charge in [-0.25, -0.2) is 0 Å². The van der Waals surface area contributed by atoms with E-state index in [1.807, 2.05) is 32.9 Å². The Morgan fingerprint density at radius 2 is 1.63 bits per heavy atom. The van der Waals surface area contributed by atoms with Crippen molar-refractivity contribution >= 4 is 11.6 Å². The first kappa shape index (κ1) is 15.1. The molecule has 0 radical (unpaired) electrons. The molecule has 0 spiro atoms. The van der Waals surface area contributed by atoms with E-state index in [1.165, 1.54) is 0 Å². The maximum absolute atomic E-state index is 11.7. The summed E-state index contributed by atoms with van der Waals surface area (Å²) in [6, 6.07) is 5.40. The molecule has 0 aliphatic carbocycles. The van der Waals surface area contributed by atoms with Gasteiger partial charge in [-0.3, -0.25) is 4.79 Å². The topological polar surface area (TPSA) is 59.6 Å². The number of ether oxygens (including phenoxy) is 2. The van der Waals surface area contributed by atoms with E-state index in [-0.39, 0.29) is 18.0 Å². The summed E-state index contributed by atoms with van der Waals surface area (Å²) in [6.45, 7) is 6.03. The van der Waals surface area contributed by atoms with E-state index in [0.29, 0.717) is 11.5 Å². The van der Waals surface area contributed by atoms with Gasteiger partial charge in [-0.15, -0.1) is 0 Å². The largest absolute Gasteiger partial charge is 0.497 e. The van der Waals surface area contributed by atoms with Gasteiger partial charge in [0.1, 0.15) is 11.5 Å². The van der Waals surface area contributed by atoms with Gasteiger partial charge in [-0.1, -0.05) is 0 Å². The van der Waals surface area contributed by atoms with Gasteiger partial charge < -0.3 is 20.1 Å². The van der Waals surface area contributed by atoms with Crippen LogP contribution in [0.3, 0.4) is 0 Å². The van der Waals surface area contributed by atoms with Crippen LogP contribution in [0.5, 0.6) is 11.5 Å². The average Bonchev–Trinajstić information content (AvgIpc) is 2.33. The number of carbonyl (C=O) groups excluding carboxylic acids is 1. The Labute approximate surface area is 114 Å². The third kappa shape index (κ3) is 5.50. The Hall–Kier alpha value is -1.91. The molecule has 0 atom stereocenters.